The largest absolute Gasteiger partial charge is 0.360 e. The Labute approximate surface area is 166 Å². The van der Waals surface area contributed by atoms with Crippen LogP contribution in [-0.4, -0.2) is 29.3 Å². The minimum Gasteiger partial charge on any atom is -0.360 e. The van der Waals surface area contributed by atoms with Gasteiger partial charge in [0.15, 0.2) is 0 Å². The van der Waals surface area contributed by atoms with Gasteiger partial charge in [0.2, 0.25) is 17.2 Å². The smallest absolute Gasteiger partial charge is 0.257 e. The summed E-state index contributed by atoms with van der Waals surface area (Å²) in [5.74, 6) is -1.21. The molecule has 148 valence electrons. The summed E-state index contributed by atoms with van der Waals surface area (Å²) in [7, 11) is 0. The van der Waals surface area contributed by atoms with E-state index in [1.54, 1.807) is 48.5 Å². The third-order valence-electron chi connectivity index (χ3n) is 4.18. The Bertz CT molecular complexity index is 1140. The Kier molecular flexibility index (Phi) is 6.03. The minimum absolute atomic E-state index is 0.0560. The number of hydrogen-bond acceptors (Lipinski definition) is 4. The fourth-order valence-electron chi connectivity index (χ4n) is 2.82. The van der Waals surface area contributed by atoms with E-state index in [0.717, 1.165) is 5.56 Å². The highest BCUT2D eigenvalue weighted by atomic mass is 16.2. The number of para-hydroxylation sites is 1. The summed E-state index contributed by atoms with van der Waals surface area (Å²) >= 11 is 0. The summed E-state index contributed by atoms with van der Waals surface area (Å²) < 4.78 is 0. The van der Waals surface area contributed by atoms with Crippen molar-refractivity contribution >= 4 is 34.3 Å². The second-order valence-electron chi connectivity index (χ2n) is 6.42. The molecule has 3 amide bonds. The number of nitrogens with one attached hydrogen (secondary N) is 4. The van der Waals surface area contributed by atoms with E-state index in [0.29, 0.717) is 16.6 Å². The zero-order valence-electron chi connectivity index (χ0n) is 15.7. The SMILES string of the molecule is CC(=O)Nc1cccc(CNC(=O)CNC(=O)c2c[nH]c3ccccc3c2=O)c1. The Balaban J connectivity index is 1.56. The average molecular weight is 392 g/mol. The maximum absolute atomic E-state index is 12.4. The lowest BCUT2D eigenvalue weighted by Crippen LogP contribution is -2.38. The molecular weight excluding hydrogens is 372 g/mol. The van der Waals surface area contributed by atoms with Gasteiger partial charge in [-0.25, -0.2) is 0 Å². The highest BCUT2D eigenvalue weighted by molar-refractivity contribution is 5.98. The van der Waals surface area contributed by atoms with Crippen molar-refractivity contribution < 1.29 is 14.4 Å². The van der Waals surface area contributed by atoms with Gasteiger partial charge < -0.3 is 20.9 Å². The van der Waals surface area contributed by atoms with E-state index in [1.807, 2.05) is 0 Å². The lowest BCUT2D eigenvalue weighted by molar-refractivity contribution is -0.120. The Morgan fingerprint density at radius 1 is 1.00 bits per heavy atom. The van der Waals surface area contributed by atoms with Gasteiger partial charge in [0, 0.05) is 36.3 Å². The van der Waals surface area contributed by atoms with Crippen molar-refractivity contribution in [3.05, 3.63) is 76.1 Å². The Morgan fingerprint density at radius 2 is 1.79 bits per heavy atom. The number of rotatable bonds is 6. The molecule has 0 spiro atoms. The fraction of sp³-hybridized carbons (Fsp3) is 0.143. The number of anilines is 1. The summed E-state index contributed by atoms with van der Waals surface area (Å²) in [6.45, 7) is 1.38. The van der Waals surface area contributed by atoms with Gasteiger partial charge in [0.05, 0.1) is 6.54 Å². The standard InChI is InChI=1S/C21H20N4O4/c1-13(26)25-15-6-4-5-14(9-15)10-23-19(27)12-24-21(29)17-11-22-18-8-3-2-7-16(18)20(17)28/h2-9,11H,10,12H2,1H3,(H,22,28)(H,23,27)(H,24,29)(H,25,26). The van der Waals surface area contributed by atoms with Crippen LogP contribution in [0.4, 0.5) is 5.69 Å². The molecule has 1 aromatic heterocycles. The summed E-state index contributed by atoms with van der Waals surface area (Å²) in [5, 5.41) is 8.20. The molecular formula is C21H20N4O4. The first-order chi connectivity index (χ1) is 13.9. The molecule has 29 heavy (non-hydrogen) atoms. The van der Waals surface area contributed by atoms with Crippen molar-refractivity contribution in [3.8, 4) is 0 Å². The molecule has 0 fully saturated rings. The van der Waals surface area contributed by atoms with Crippen LogP contribution in [0.1, 0.15) is 22.8 Å². The topological polar surface area (TPSA) is 120 Å². The number of hydrogen-bond donors (Lipinski definition) is 4. The van der Waals surface area contributed by atoms with Gasteiger partial charge in [-0.2, -0.15) is 0 Å². The number of fused-ring (bicyclic) bond motifs is 1. The van der Waals surface area contributed by atoms with Crippen LogP contribution in [-0.2, 0) is 16.1 Å². The van der Waals surface area contributed by atoms with Crippen LogP contribution in [0.25, 0.3) is 10.9 Å². The third kappa shape index (κ3) is 5.07. The molecule has 3 rings (SSSR count). The lowest BCUT2D eigenvalue weighted by atomic mass is 10.1. The molecule has 8 heteroatoms. The zero-order chi connectivity index (χ0) is 20.8. The highest BCUT2D eigenvalue weighted by Gasteiger charge is 2.13. The number of benzene rings is 2. The number of aromatic nitrogens is 1. The van der Waals surface area contributed by atoms with E-state index in [4.69, 9.17) is 0 Å². The van der Waals surface area contributed by atoms with Crippen LogP contribution < -0.4 is 21.4 Å². The molecule has 1 heterocycles. The molecule has 0 aliphatic rings. The minimum atomic E-state index is -0.625. The second-order valence-corrected chi connectivity index (χ2v) is 6.42. The monoisotopic (exact) mass is 392 g/mol. The molecule has 4 N–H and O–H groups in total. The van der Waals surface area contributed by atoms with E-state index in [1.165, 1.54) is 13.1 Å². The van der Waals surface area contributed by atoms with E-state index in [2.05, 4.69) is 20.9 Å². The van der Waals surface area contributed by atoms with Gasteiger partial charge in [-0.15, -0.1) is 0 Å². The van der Waals surface area contributed by atoms with Crippen molar-refractivity contribution in [1.29, 1.82) is 0 Å². The molecule has 0 unspecified atom stereocenters. The van der Waals surface area contributed by atoms with E-state index < -0.39 is 17.2 Å². The highest BCUT2D eigenvalue weighted by Crippen LogP contribution is 2.10. The molecule has 0 aliphatic carbocycles. The Morgan fingerprint density at radius 3 is 2.59 bits per heavy atom. The van der Waals surface area contributed by atoms with Gasteiger partial charge in [0.25, 0.3) is 5.91 Å². The maximum Gasteiger partial charge on any atom is 0.257 e. The molecule has 2 aromatic carbocycles. The molecule has 0 bridgehead atoms. The van der Waals surface area contributed by atoms with Gasteiger partial charge >= 0.3 is 0 Å². The van der Waals surface area contributed by atoms with Crippen molar-refractivity contribution in [3.63, 3.8) is 0 Å². The summed E-state index contributed by atoms with van der Waals surface area (Å²) in [6.07, 6.45) is 1.34. The predicted molar refractivity (Wildman–Crippen MR) is 109 cm³/mol. The second kappa shape index (κ2) is 8.83. The van der Waals surface area contributed by atoms with Crippen LogP contribution >= 0.6 is 0 Å². The number of H-pyrrole nitrogens is 1. The summed E-state index contributed by atoms with van der Waals surface area (Å²) in [5.41, 5.74) is 1.61. The summed E-state index contributed by atoms with van der Waals surface area (Å²) in [4.78, 5) is 50.7. The number of amides is 3. The number of carbonyl (C=O) groups excluding carboxylic acids is 3. The van der Waals surface area contributed by atoms with Gasteiger partial charge in [-0.05, 0) is 29.8 Å². The van der Waals surface area contributed by atoms with Gasteiger partial charge in [0.1, 0.15) is 5.56 Å². The molecule has 0 radical (unpaired) electrons. The fourth-order valence-corrected chi connectivity index (χ4v) is 2.82. The zero-order valence-corrected chi connectivity index (χ0v) is 15.7. The van der Waals surface area contributed by atoms with E-state index in [9.17, 15) is 19.2 Å². The van der Waals surface area contributed by atoms with Crippen molar-refractivity contribution in [2.45, 2.75) is 13.5 Å². The molecule has 3 aromatic rings. The molecule has 0 saturated heterocycles. The number of pyridine rings is 1. The molecule has 0 atom stereocenters. The molecule has 0 saturated carbocycles. The maximum atomic E-state index is 12.4. The van der Waals surface area contributed by atoms with E-state index >= 15 is 0 Å². The van der Waals surface area contributed by atoms with Crippen molar-refractivity contribution in [1.82, 2.24) is 15.6 Å². The molecule has 8 nitrogen and oxygen atoms in total. The number of carbonyl (C=O) groups is 3. The first-order valence-electron chi connectivity index (χ1n) is 8.96. The molecule has 0 aliphatic heterocycles. The van der Waals surface area contributed by atoms with Crippen LogP contribution in [0.2, 0.25) is 0 Å². The van der Waals surface area contributed by atoms with Crippen molar-refractivity contribution in [2.75, 3.05) is 11.9 Å². The van der Waals surface area contributed by atoms with Crippen molar-refractivity contribution in [2.24, 2.45) is 0 Å². The third-order valence-corrected chi connectivity index (χ3v) is 4.18. The Hall–Kier alpha value is -3.94. The van der Waals surface area contributed by atoms with Gasteiger partial charge in [-0.1, -0.05) is 24.3 Å². The van der Waals surface area contributed by atoms with Crippen LogP contribution in [0.15, 0.2) is 59.5 Å². The first-order valence-corrected chi connectivity index (χ1v) is 8.96. The van der Waals surface area contributed by atoms with Crippen LogP contribution in [0, 0.1) is 0 Å². The predicted octanol–water partition coefficient (Wildman–Crippen LogP) is 1.53. The quantitative estimate of drug-likeness (QED) is 0.508. The van der Waals surface area contributed by atoms with Crippen LogP contribution in [0.5, 0.6) is 0 Å². The lowest BCUT2D eigenvalue weighted by Gasteiger charge is -2.09. The first kappa shape index (κ1) is 19.8. The van der Waals surface area contributed by atoms with Crippen LogP contribution in [0.3, 0.4) is 0 Å². The number of aromatic amines is 1. The van der Waals surface area contributed by atoms with E-state index in [-0.39, 0.29) is 24.6 Å². The summed E-state index contributed by atoms with van der Waals surface area (Å²) in [6, 6.07) is 13.9. The average Bonchev–Trinajstić information content (AvgIpc) is 2.71. The normalized spacial score (nSPS) is 10.4. The van der Waals surface area contributed by atoms with Gasteiger partial charge in [-0.3, -0.25) is 19.2 Å².